The molecule has 1 atom stereocenters. The van der Waals surface area contributed by atoms with Gasteiger partial charge in [-0.05, 0) is 25.1 Å². The van der Waals surface area contributed by atoms with Crippen LogP contribution < -0.4 is 24.3 Å². The Labute approximate surface area is 162 Å². The third-order valence-corrected chi connectivity index (χ3v) is 4.33. The summed E-state index contributed by atoms with van der Waals surface area (Å²) in [7, 11) is 3.22. The summed E-state index contributed by atoms with van der Waals surface area (Å²) in [6.45, 7) is 2.29. The molecule has 1 aliphatic rings. The number of anilines is 1. The summed E-state index contributed by atoms with van der Waals surface area (Å²) in [5.74, 6) is 1.65. The van der Waals surface area contributed by atoms with Crippen LogP contribution in [0.2, 0.25) is 0 Å². The average Bonchev–Trinajstić information content (AvgIpc) is 2.89. The highest BCUT2D eigenvalue weighted by Crippen LogP contribution is 2.41. The van der Waals surface area contributed by atoms with Crippen LogP contribution in [-0.2, 0) is 0 Å². The van der Waals surface area contributed by atoms with E-state index in [-0.39, 0.29) is 6.01 Å². The zero-order chi connectivity index (χ0) is 19.5. The van der Waals surface area contributed by atoms with Crippen LogP contribution in [0, 0.1) is 0 Å². The van der Waals surface area contributed by atoms with Gasteiger partial charge in [0.05, 0.1) is 26.4 Å². The number of hydrogen-bond acceptors (Lipinski definition) is 8. The van der Waals surface area contributed by atoms with Crippen molar-refractivity contribution >= 4 is 5.69 Å². The van der Waals surface area contributed by atoms with Gasteiger partial charge in [0, 0.05) is 17.3 Å². The van der Waals surface area contributed by atoms with Gasteiger partial charge in [0.1, 0.15) is 11.5 Å². The van der Waals surface area contributed by atoms with Crippen molar-refractivity contribution in [3.05, 3.63) is 48.0 Å². The number of methoxy groups -OCH3 is 2. The monoisotopic (exact) mass is 380 g/mol. The molecule has 0 bridgehead atoms. The van der Waals surface area contributed by atoms with Crippen LogP contribution in [0.25, 0.3) is 11.3 Å². The Morgan fingerprint density at radius 2 is 1.93 bits per heavy atom. The lowest BCUT2D eigenvalue weighted by Crippen LogP contribution is -2.18. The van der Waals surface area contributed by atoms with Gasteiger partial charge in [-0.1, -0.05) is 23.3 Å². The van der Waals surface area contributed by atoms with Crippen molar-refractivity contribution in [2.45, 2.75) is 13.2 Å². The lowest BCUT2D eigenvalue weighted by atomic mass is 10.1. The quantitative estimate of drug-likeness (QED) is 0.720. The number of ether oxygens (including phenoxy) is 4. The number of para-hydroxylation sites is 1. The van der Waals surface area contributed by atoms with E-state index >= 15 is 0 Å². The largest absolute Gasteiger partial charge is 0.497 e. The van der Waals surface area contributed by atoms with Gasteiger partial charge in [0.25, 0.3) is 0 Å². The van der Waals surface area contributed by atoms with Crippen molar-refractivity contribution in [3.8, 4) is 34.6 Å². The molecule has 2 aromatic carbocycles. The van der Waals surface area contributed by atoms with Gasteiger partial charge in [-0.25, -0.2) is 0 Å². The SMILES string of the molecule is CCOc1nnc2c(n1)OC(c1ccc(OC)cc1OC)Nc1ccccc1-2. The van der Waals surface area contributed by atoms with Crippen molar-refractivity contribution in [2.24, 2.45) is 0 Å². The highest BCUT2D eigenvalue weighted by Gasteiger charge is 2.28. The zero-order valence-corrected chi connectivity index (χ0v) is 15.8. The molecule has 0 saturated heterocycles. The second kappa shape index (κ2) is 7.59. The minimum atomic E-state index is -0.561. The molecule has 0 aliphatic carbocycles. The number of benzene rings is 2. The summed E-state index contributed by atoms with van der Waals surface area (Å²) in [5.41, 5.74) is 3.03. The van der Waals surface area contributed by atoms with Crippen LogP contribution in [0.15, 0.2) is 42.5 Å². The van der Waals surface area contributed by atoms with Crippen molar-refractivity contribution in [2.75, 3.05) is 26.1 Å². The highest BCUT2D eigenvalue weighted by atomic mass is 16.5. The van der Waals surface area contributed by atoms with Gasteiger partial charge in [-0.3, -0.25) is 0 Å². The Balaban J connectivity index is 1.83. The van der Waals surface area contributed by atoms with Gasteiger partial charge in [-0.15, -0.1) is 5.10 Å². The summed E-state index contributed by atoms with van der Waals surface area (Å²) in [6, 6.07) is 13.5. The molecule has 28 heavy (non-hydrogen) atoms. The molecule has 0 saturated carbocycles. The summed E-state index contributed by atoms with van der Waals surface area (Å²) in [6.07, 6.45) is -0.561. The molecule has 144 valence electrons. The Morgan fingerprint density at radius 3 is 2.71 bits per heavy atom. The van der Waals surface area contributed by atoms with Gasteiger partial charge in [-0.2, -0.15) is 4.98 Å². The van der Waals surface area contributed by atoms with Crippen LogP contribution in [0.1, 0.15) is 18.7 Å². The van der Waals surface area contributed by atoms with E-state index in [0.29, 0.717) is 29.7 Å². The second-order valence-electron chi connectivity index (χ2n) is 5.98. The maximum Gasteiger partial charge on any atom is 0.339 e. The van der Waals surface area contributed by atoms with Crippen LogP contribution in [0.3, 0.4) is 0 Å². The lowest BCUT2D eigenvalue weighted by Gasteiger charge is -2.21. The van der Waals surface area contributed by atoms with E-state index in [0.717, 1.165) is 16.8 Å². The Hall–Kier alpha value is -3.55. The smallest absolute Gasteiger partial charge is 0.339 e. The topological polar surface area (TPSA) is 87.6 Å². The number of hydrogen-bond donors (Lipinski definition) is 1. The highest BCUT2D eigenvalue weighted by molar-refractivity contribution is 5.79. The Bertz CT molecular complexity index is 996. The van der Waals surface area contributed by atoms with Crippen LogP contribution >= 0.6 is 0 Å². The summed E-state index contributed by atoms with van der Waals surface area (Å²) >= 11 is 0. The number of rotatable bonds is 5. The van der Waals surface area contributed by atoms with E-state index in [4.69, 9.17) is 18.9 Å². The molecular weight excluding hydrogens is 360 g/mol. The van der Waals surface area contributed by atoms with Crippen LogP contribution in [0.4, 0.5) is 5.69 Å². The fourth-order valence-corrected chi connectivity index (χ4v) is 3.01. The first-order valence-electron chi connectivity index (χ1n) is 8.85. The molecule has 4 rings (SSSR count). The third kappa shape index (κ3) is 3.24. The lowest BCUT2D eigenvalue weighted by molar-refractivity contribution is 0.215. The van der Waals surface area contributed by atoms with Gasteiger partial charge >= 0.3 is 6.01 Å². The number of nitrogens with one attached hydrogen (secondary N) is 1. The summed E-state index contributed by atoms with van der Waals surface area (Å²) in [4.78, 5) is 4.40. The average molecular weight is 380 g/mol. The summed E-state index contributed by atoms with van der Waals surface area (Å²) < 4.78 is 22.4. The molecule has 2 heterocycles. The first-order valence-corrected chi connectivity index (χ1v) is 8.85. The maximum atomic E-state index is 6.20. The molecule has 0 spiro atoms. The number of fused-ring (bicyclic) bond motifs is 3. The van der Waals surface area contributed by atoms with Crippen LogP contribution in [-0.4, -0.2) is 36.0 Å². The Kier molecular flexibility index (Phi) is 4.84. The maximum absolute atomic E-state index is 6.20. The van der Waals surface area contributed by atoms with E-state index in [1.54, 1.807) is 14.2 Å². The van der Waals surface area contributed by atoms with Crippen molar-refractivity contribution in [1.82, 2.24) is 15.2 Å². The van der Waals surface area contributed by atoms with Gasteiger partial charge in [0.15, 0.2) is 5.69 Å². The Morgan fingerprint density at radius 1 is 1.07 bits per heavy atom. The fraction of sp³-hybridized carbons (Fsp3) is 0.250. The molecule has 1 N–H and O–H groups in total. The van der Waals surface area contributed by atoms with E-state index < -0.39 is 6.23 Å². The molecule has 8 heteroatoms. The molecule has 8 nitrogen and oxygen atoms in total. The molecule has 1 aliphatic heterocycles. The molecule has 3 aromatic rings. The van der Waals surface area contributed by atoms with E-state index in [2.05, 4.69) is 20.5 Å². The standard InChI is InChI=1S/C20H20N4O4/c1-4-27-20-22-19-17(23-24-20)13-7-5-6-8-15(13)21-18(28-19)14-10-9-12(25-2)11-16(14)26-3/h5-11,18,21H,4H2,1-3H3. The third-order valence-electron chi connectivity index (χ3n) is 4.33. The van der Waals surface area contributed by atoms with Crippen molar-refractivity contribution in [3.63, 3.8) is 0 Å². The minimum Gasteiger partial charge on any atom is -0.497 e. The normalized spacial score (nSPS) is 14.6. The summed E-state index contributed by atoms with van der Waals surface area (Å²) in [5, 5.41) is 11.7. The molecule has 0 fully saturated rings. The molecule has 0 amide bonds. The van der Waals surface area contributed by atoms with Gasteiger partial charge < -0.3 is 24.3 Å². The molecule has 0 radical (unpaired) electrons. The van der Waals surface area contributed by atoms with Gasteiger partial charge in [0.2, 0.25) is 12.1 Å². The molecular formula is C20H20N4O4. The molecule has 1 unspecified atom stereocenters. The number of aromatic nitrogens is 3. The van der Waals surface area contributed by atoms with E-state index in [1.165, 1.54) is 0 Å². The van der Waals surface area contributed by atoms with E-state index in [1.807, 2.05) is 49.4 Å². The van der Waals surface area contributed by atoms with E-state index in [9.17, 15) is 0 Å². The number of nitrogens with zero attached hydrogens (tertiary/aromatic N) is 3. The minimum absolute atomic E-state index is 0.168. The predicted octanol–water partition coefficient (Wildman–Crippen LogP) is 3.46. The zero-order valence-electron chi connectivity index (χ0n) is 15.8. The first-order chi connectivity index (χ1) is 13.7. The fourth-order valence-electron chi connectivity index (χ4n) is 3.01. The van der Waals surface area contributed by atoms with Crippen molar-refractivity contribution in [1.29, 1.82) is 0 Å². The second-order valence-corrected chi connectivity index (χ2v) is 5.98. The van der Waals surface area contributed by atoms with Crippen LogP contribution in [0.5, 0.6) is 23.4 Å². The van der Waals surface area contributed by atoms with Crippen molar-refractivity contribution < 1.29 is 18.9 Å². The first kappa shape index (κ1) is 17.8. The predicted molar refractivity (Wildman–Crippen MR) is 103 cm³/mol. The molecule has 1 aromatic heterocycles.